The number of hydrogen-bond acceptors (Lipinski definition) is 5. The molecule has 1 aliphatic heterocycles. The Hall–Kier alpha value is -2.90. The summed E-state index contributed by atoms with van der Waals surface area (Å²) in [6.45, 7) is 8.67. The number of nitrogens with one attached hydrogen (secondary N) is 1. The van der Waals surface area contributed by atoms with E-state index in [2.05, 4.69) is 50.7 Å². The van der Waals surface area contributed by atoms with Crippen molar-refractivity contribution >= 4 is 21.5 Å². The fraction of sp³-hybridized carbons (Fsp3) is 0.292. The van der Waals surface area contributed by atoms with Gasteiger partial charge in [0.25, 0.3) is 10.0 Å². The van der Waals surface area contributed by atoms with Crippen LogP contribution in [0, 0.1) is 13.8 Å². The van der Waals surface area contributed by atoms with E-state index in [0.29, 0.717) is 5.69 Å². The summed E-state index contributed by atoms with van der Waals surface area (Å²) in [5.41, 5.74) is 3.98. The molecule has 0 spiro atoms. The van der Waals surface area contributed by atoms with Gasteiger partial charge in [0.2, 0.25) is 0 Å². The third-order valence-corrected chi connectivity index (χ3v) is 6.90. The lowest BCUT2D eigenvalue weighted by Crippen LogP contribution is -2.46. The Morgan fingerprint density at radius 2 is 1.65 bits per heavy atom. The molecule has 0 radical (unpaired) electrons. The highest BCUT2D eigenvalue weighted by molar-refractivity contribution is 7.92. The maximum absolute atomic E-state index is 12.6. The van der Waals surface area contributed by atoms with E-state index in [4.69, 9.17) is 0 Å². The van der Waals surface area contributed by atoms with Gasteiger partial charge >= 0.3 is 0 Å². The van der Waals surface area contributed by atoms with Gasteiger partial charge in [-0.25, -0.2) is 13.4 Å². The molecule has 1 N–H and O–H groups in total. The van der Waals surface area contributed by atoms with E-state index < -0.39 is 10.0 Å². The molecular formula is C24H28N4O2S. The number of benzene rings is 2. The third-order valence-electron chi connectivity index (χ3n) is 5.52. The Labute approximate surface area is 184 Å². The first-order valence-electron chi connectivity index (χ1n) is 10.5. The van der Waals surface area contributed by atoms with E-state index in [-0.39, 0.29) is 4.90 Å². The summed E-state index contributed by atoms with van der Waals surface area (Å²) in [7, 11) is -3.62. The maximum Gasteiger partial charge on any atom is 0.261 e. The summed E-state index contributed by atoms with van der Waals surface area (Å²) in [4.78, 5) is 9.44. The van der Waals surface area contributed by atoms with Gasteiger partial charge in [-0.1, -0.05) is 42.0 Å². The summed E-state index contributed by atoms with van der Waals surface area (Å²) in [5.74, 6) is 0.869. The van der Waals surface area contributed by atoms with Crippen molar-refractivity contribution in [1.29, 1.82) is 0 Å². The third kappa shape index (κ3) is 5.42. The van der Waals surface area contributed by atoms with Crippen LogP contribution >= 0.6 is 0 Å². The van der Waals surface area contributed by atoms with Crippen molar-refractivity contribution < 1.29 is 8.42 Å². The van der Waals surface area contributed by atoms with Crippen LogP contribution < -0.4 is 9.62 Å². The van der Waals surface area contributed by atoms with Crippen LogP contribution in [-0.2, 0) is 16.6 Å². The smallest absolute Gasteiger partial charge is 0.261 e. The number of pyridine rings is 1. The minimum absolute atomic E-state index is 0.251. The zero-order chi connectivity index (χ0) is 21.8. The lowest BCUT2D eigenvalue weighted by atomic mass is 10.1. The topological polar surface area (TPSA) is 65.5 Å². The SMILES string of the molecule is Cc1ccc(CN2CCN(c3ccc(NS(=O)(=O)c4cccc(C)c4)cn3)CC2)cc1. The number of anilines is 2. The zero-order valence-corrected chi connectivity index (χ0v) is 18.8. The van der Waals surface area contributed by atoms with E-state index in [9.17, 15) is 8.42 Å². The fourth-order valence-electron chi connectivity index (χ4n) is 3.72. The molecule has 1 aliphatic rings. The molecule has 31 heavy (non-hydrogen) atoms. The van der Waals surface area contributed by atoms with Crippen LogP contribution in [0.4, 0.5) is 11.5 Å². The van der Waals surface area contributed by atoms with Crippen LogP contribution in [0.1, 0.15) is 16.7 Å². The van der Waals surface area contributed by atoms with Crippen molar-refractivity contribution in [3.63, 3.8) is 0 Å². The average molecular weight is 437 g/mol. The molecular weight excluding hydrogens is 408 g/mol. The minimum Gasteiger partial charge on any atom is -0.354 e. The molecule has 1 aromatic heterocycles. The molecule has 1 saturated heterocycles. The molecule has 0 bridgehead atoms. The lowest BCUT2D eigenvalue weighted by molar-refractivity contribution is 0.249. The molecule has 3 aromatic rings. The van der Waals surface area contributed by atoms with Gasteiger partial charge in [-0.15, -0.1) is 0 Å². The number of sulfonamides is 1. The number of aryl methyl sites for hydroxylation is 2. The quantitative estimate of drug-likeness (QED) is 0.636. The van der Waals surface area contributed by atoms with E-state index in [1.54, 1.807) is 30.5 Å². The standard InChI is InChI=1S/C24H28N4O2S/c1-19-6-8-21(9-7-19)18-27-12-14-28(15-13-27)24-11-10-22(17-25-24)26-31(29,30)23-5-3-4-20(2)16-23/h3-11,16-17,26H,12-15,18H2,1-2H3. The van der Waals surface area contributed by atoms with Gasteiger partial charge in [-0.2, -0.15) is 0 Å². The number of hydrogen-bond donors (Lipinski definition) is 1. The van der Waals surface area contributed by atoms with Crippen molar-refractivity contribution in [2.24, 2.45) is 0 Å². The van der Waals surface area contributed by atoms with Crippen molar-refractivity contribution in [2.75, 3.05) is 35.8 Å². The second-order valence-electron chi connectivity index (χ2n) is 8.08. The summed E-state index contributed by atoms with van der Waals surface area (Å²) >= 11 is 0. The number of aromatic nitrogens is 1. The van der Waals surface area contributed by atoms with Gasteiger partial charge in [0, 0.05) is 32.7 Å². The number of nitrogens with zero attached hydrogens (tertiary/aromatic N) is 3. The summed E-state index contributed by atoms with van der Waals surface area (Å²) in [5, 5.41) is 0. The Morgan fingerprint density at radius 3 is 2.29 bits per heavy atom. The van der Waals surface area contributed by atoms with Crippen molar-refractivity contribution in [3.05, 3.63) is 83.6 Å². The molecule has 2 heterocycles. The van der Waals surface area contributed by atoms with Crippen LogP contribution in [0.25, 0.3) is 0 Å². The molecule has 2 aromatic carbocycles. The average Bonchev–Trinajstić information content (AvgIpc) is 2.76. The molecule has 6 nitrogen and oxygen atoms in total. The van der Waals surface area contributed by atoms with Crippen molar-refractivity contribution in [1.82, 2.24) is 9.88 Å². The first-order valence-corrected chi connectivity index (χ1v) is 12.0. The van der Waals surface area contributed by atoms with Crippen molar-refractivity contribution in [2.45, 2.75) is 25.3 Å². The molecule has 1 fully saturated rings. The molecule has 0 aliphatic carbocycles. The lowest BCUT2D eigenvalue weighted by Gasteiger charge is -2.35. The highest BCUT2D eigenvalue weighted by Gasteiger charge is 2.19. The van der Waals surface area contributed by atoms with E-state index >= 15 is 0 Å². The van der Waals surface area contributed by atoms with Crippen LogP contribution in [0.5, 0.6) is 0 Å². The van der Waals surface area contributed by atoms with E-state index in [1.165, 1.54) is 11.1 Å². The number of piperazine rings is 1. The van der Waals surface area contributed by atoms with Gasteiger partial charge in [0.15, 0.2) is 0 Å². The van der Waals surface area contributed by atoms with Crippen molar-refractivity contribution in [3.8, 4) is 0 Å². The van der Waals surface area contributed by atoms with Gasteiger partial charge < -0.3 is 4.90 Å². The Kier molecular flexibility index (Phi) is 6.25. The van der Waals surface area contributed by atoms with E-state index in [0.717, 1.165) is 44.1 Å². The maximum atomic E-state index is 12.6. The van der Waals surface area contributed by atoms with Crippen LogP contribution in [0.15, 0.2) is 71.8 Å². The molecule has 0 unspecified atom stereocenters. The van der Waals surface area contributed by atoms with Crippen LogP contribution in [0.2, 0.25) is 0 Å². The van der Waals surface area contributed by atoms with Gasteiger partial charge in [0.05, 0.1) is 16.8 Å². The summed E-state index contributed by atoms with van der Waals surface area (Å²) in [6, 6.07) is 19.2. The molecule has 7 heteroatoms. The first-order chi connectivity index (χ1) is 14.9. The molecule has 0 saturated carbocycles. The molecule has 162 valence electrons. The highest BCUT2D eigenvalue weighted by atomic mass is 32.2. The van der Waals surface area contributed by atoms with Crippen LogP contribution in [0.3, 0.4) is 0 Å². The normalized spacial score (nSPS) is 15.1. The predicted molar refractivity (Wildman–Crippen MR) is 125 cm³/mol. The fourth-order valence-corrected chi connectivity index (χ4v) is 4.86. The van der Waals surface area contributed by atoms with E-state index in [1.807, 2.05) is 19.1 Å². The minimum atomic E-state index is -3.62. The Morgan fingerprint density at radius 1 is 0.903 bits per heavy atom. The summed E-state index contributed by atoms with van der Waals surface area (Å²) < 4.78 is 27.8. The first kappa shape index (κ1) is 21.3. The summed E-state index contributed by atoms with van der Waals surface area (Å²) in [6.07, 6.45) is 1.58. The van der Waals surface area contributed by atoms with Gasteiger partial charge in [-0.05, 0) is 49.2 Å². The second-order valence-corrected chi connectivity index (χ2v) is 9.76. The highest BCUT2D eigenvalue weighted by Crippen LogP contribution is 2.20. The van der Waals surface area contributed by atoms with Gasteiger partial charge in [0.1, 0.15) is 5.82 Å². The zero-order valence-electron chi connectivity index (χ0n) is 18.0. The van der Waals surface area contributed by atoms with Gasteiger partial charge in [-0.3, -0.25) is 9.62 Å². The second kappa shape index (κ2) is 9.08. The molecule has 0 atom stereocenters. The molecule has 4 rings (SSSR count). The largest absolute Gasteiger partial charge is 0.354 e. The number of rotatable bonds is 6. The Balaban J connectivity index is 1.34. The Bertz CT molecular complexity index is 1120. The molecule has 0 amide bonds. The van der Waals surface area contributed by atoms with Crippen LogP contribution in [-0.4, -0.2) is 44.5 Å². The predicted octanol–water partition coefficient (Wildman–Crippen LogP) is 3.82. The monoisotopic (exact) mass is 436 g/mol.